The fraction of sp³-hybridized carbons (Fsp3) is 0.389. The van der Waals surface area contributed by atoms with Gasteiger partial charge >= 0.3 is 0 Å². The Morgan fingerprint density at radius 3 is 2.96 bits per heavy atom. The Bertz CT molecular complexity index is 744. The highest BCUT2D eigenvalue weighted by atomic mass is 16.2. The molecule has 0 unspecified atom stereocenters. The Morgan fingerprint density at radius 1 is 1.40 bits per heavy atom. The van der Waals surface area contributed by atoms with Gasteiger partial charge in [0, 0.05) is 39.1 Å². The van der Waals surface area contributed by atoms with Crippen LogP contribution >= 0.6 is 0 Å². The summed E-state index contributed by atoms with van der Waals surface area (Å²) in [6, 6.07) is 9.40. The molecule has 1 aliphatic heterocycles. The van der Waals surface area contributed by atoms with Crippen LogP contribution < -0.4 is 5.32 Å². The zero-order valence-corrected chi connectivity index (χ0v) is 14.6. The second-order valence-electron chi connectivity index (χ2n) is 6.36. The first-order valence-corrected chi connectivity index (χ1v) is 8.35. The number of piperazine rings is 1. The highest BCUT2D eigenvalue weighted by molar-refractivity contribution is 5.88. The van der Waals surface area contributed by atoms with Crippen molar-refractivity contribution in [2.45, 2.75) is 19.0 Å². The van der Waals surface area contributed by atoms with Crippen LogP contribution in [0.5, 0.6) is 0 Å². The SMILES string of the molecule is CN(Cc1cccc(-n2cccn2)c1)C(=O)C[C@@H]1C(=O)NCCN1C. The second kappa shape index (κ2) is 7.48. The lowest BCUT2D eigenvalue weighted by Gasteiger charge is -2.32. The van der Waals surface area contributed by atoms with Crippen molar-refractivity contribution in [2.75, 3.05) is 27.2 Å². The lowest BCUT2D eigenvalue weighted by molar-refractivity contribution is -0.137. The Labute approximate surface area is 147 Å². The third kappa shape index (κ3) is 4.06. The monoisotopic (exact) mass is 341 g/mol. The van der Waals surface area contributed by atoms with Crippen LogP contribution in [-0.4, -0.2) is 64.6 Å². The molecule has 2 aromatic rings. The van der Waals surface area contributed by atoms with Crippen LogP contribution in [0.25, 0.3) is 5.69 Å². The topological polar surface area (TPSA) is 70.5 Å². The van der Waals surface area contributed by atoms with Crippen molar-refractivity contribution < 1.29 is 9.59 Å². The Kier molecular flexibility index (Phi) is 5.14. The zero-order valence-electron chi connectivity index (χ0n) is 14.6. The molecule has 0 bridgehead atoms. The average molecular weight is 341 g/mol. The van der Waals surface area contributed by atoms with Gasteiger partial charge in [-0.3, -0.25) is 14.5 Å². The van der Waals surface area contributed by atoms with E-state index in [9.17, 15) is 9.59 Å². The molecule has 132 valence electrons. The van der Waals surface area contributed by atoms with Crippen molar-refractivity contribution in [3.8, 4) is 5.69 Å². The van der Waals surface area contributed by atoms with E-state index in [-0.39, 0.29) is 24.3 Å². The summed E-state index contributed by atoms with van der Waals surface area (Å²) in [4.78, 5) is 28.1. The van der Waals surface area contributed by atoms with Crippen LogP contribution in [0.1, 0.15) is 12.0 Å². The first-order valence-electron chi connectivity index (χ1n) is 8.35. The smallest absolute Gasteiger partial charge is 0.237 e. The highest BCUT2D eigenvalue weighted by Gasteiger charge is 2.29. The fourth-order valence-electron chi connectivity index (χ4n) is 2.98. The number of rotatable bonds is 5. The molecule has 1 fully saturated rings. The summed E-state index contributed by atoms with van der Waals surface area (Å²) in [6.07, 6.45) is 3.80. The fourth-order valence-corrected chi connectivity index (χ4v) is 2.98. The van der Waals surface area contributed by atoms with E-state index in [1.807, 2.05) is 48.5 Å². The minimum atomic E-state index is -0.390. The molecule has 0 radical (unpaired) electrons. The Hall–Kier alpha value is -2.67. The molecule has 3 rings (SSSR count). The molecule has 0 saturated carbocycles. The number of nitrogens with one attached hydrogen (secondary N) is 1. The van der Waals surface area contributed by atoms with E-state index in [0.29, 0.717) is 13.1 Å². The van der Waals surface area contributed by atoms with Gasteiger partial charge in [0.1, 0.15) is 0 Å². The van der Waals surface area contributed by atoms with E-state index < -0.39 is 0 Å². The first-order chi connectivity index (χ1) is 12.0. The Morgan fingerprint density at radius 2 is 2.24 bits per heavy atom. The van der Waals surface area contributed by atoms with Gasteiger partial charge in [0.25, 0.3) is 0 Å². The minimum Gasteiger partial charge on any atom is -0.353 e. The number of carbonyl (C=O) groups is 2. The van der Waals surface area contributed by atoms with Crippen LogP contribution in [0.3, 0.4) is 0 Å². The number of hydrogen-bond acceptors (Lipinski definition) is 4. The molecule has 0 spiro atoms. The normalized spacial score (nSPS) is 18.0. The third-order valence-corrected chi connectivity index (χ3v) is 4.49. The molecule has 2 amide bonds. The van der Waals surface area contributed by atoms with Crippen molar-refractivity contribution in [2.24, 2.45) is 0 Å². The molecule has 1 N–H and O–H groups in total. The second-order valence-corrected chi connectivity index (χ2v) is 6.36. The van der Waals surface area contributed by atoms with Crippen molar-refractivity contribution >= 4 is 11.8 Å². The lowest BCUT2D eigenvalue weighted by Crippen LogP contribution is -2.54. The van der Waals surface area contributed by atoms with Gasteiger partial charge in [-0.15, -0.1) is 0 Å². The van der Waals surface area contributed by atoms with Crippen molar-refractivity contribution in [3.63, 3.8) is 0 Å². The van der Waals surface area contributed by atoms with Crippen molar-refractivity contribution in [3.05, 3.63) is 48.3 Å². The highest BCUT2D eigenvalue weighted by Crippen LogP contribution is 2.13. The molecule has 1 aromatic carbocycles. The standard InChI is InChI=1S/C18H23N5O2/c1-21-10-8-19-18(25)16(21)12-17(24)22(2)13-14-5-3-6-15(11-14)23-9-4-7-20-23/h3-7,9,11,16H,8,10,12-13H2,1-2H3,(H,19,25)/t16-/m1/s1. The van der Waals surface area contributed by atoms with E-state index in [2.05, 4.69) is 10.4 Å². The minimum absolute atomic E-state index is 0.0432. The predicted octanol–water partition coefficient (Wildman–Crippen LogP) is 0.651. The summed E-state index contributed by atoms with van der Waals surface area (Å²) >= 11 is 0. The van der Waals surface area contributed by atoms with Gasteiger partial charge in [-0.25, -0.2) is 4.68 Å². The molecule has 1 aromatic heterocycles. The van der Waals surface area contributed by atoms with Gasteiger partial charge in [0.05, 0.1) is 18.2 Å². The first kappa shape index (κ1) is 17.2. The summed E-state index contributed by atoms with van der Waals surface area (Å²) in [6.45, 7) is 1.89. The molecule has 2 heterocycles. The van der Waals surface area contributed by atoms with Crippen LogP contribution in [-0.2, 0) is 16.1 Å². The molecular weight excluding hydrogens is 318 g/mol. The molecule has 1 saturated heterocycles. The van der Waals surface area contributed by atoms with Crippen LogP contribution in [0, 0.1) is 0 Å². The van der Waals surface area contributed by atoms with E-state index >= 15 is 0 Å². The largest absolute Gasteiger partial charge is 0.353 e. The van der Waals surface area contributed by atoms with E-state index in [1.165, 1.54) is 0 Å². The molecule has 25 heavy (non-hydrogen) atoms. The summed E-state index contributed by atoms with van der Waals surface area (Å²) in [5.41, 5.74) is 1.97. The summed E-state index contributed by atoms with van der Waals surface area (Å²) in [7, 11) is 3.65. The molecule has 0 aliphatic carbocycles. The van der Waals surface area contributed by atoms with Gasteiger partial charge in [0.15, 0.2) is 0 Å². The number of nitrogens with zero attached hydrogens (tertiary/aromatic N) is 4. The van der Waals surface area contributed by atoms with E-state index in [1.54, 1.807) is 22.8 Å². The molecule has 7 heteroatoms. The van der Waals surface area contributed by atoms with Gasteiger partial charge in [0.2, 0.25) is 11.8 Å². The summed E-state index contributed by atoms with van der Waals surface area (Å²) in [5.74, 6) is -0.116. The maximum Gasteiger partial charge on any atom is 0.237 e. The van der Waals surface area contributed by atoms with Gasteiger partial charge in [-0.1, -0.05) is 12.1 Å². The average Bonchev–Trinajstić information content (AvgIpc) is 3.13. The number of aromatic nitrogens is 2. The molecular formula is C18H23N5O2. The van der Waals surface area contributed by atoms with Crippen molar-refractivity contribution in [1.82, 2.24) is 24.9 Å². The van der Waals surface area contributed by atoms with E-state index in [4.69, 9.17) is 0 Å². The van der Waals surface area contributed by atoms with Crippen LogP contribution in [0.15, 0.2) is 42.7 Å². The number of amides is 2. The van der Waals surface area contributed by atoms with E-state index in [0.717, 1.165) is 17.8 Å². The van der Waals surface area contributed by atoms with Gasteiger partial charge in [-0.2, -0.15) is 5.10 Å². The Balaban J connectivity index is 1.63. The number of carbonyl (C=O) groups excluding carboxylic acids is 2. The van der Waals surface area contributed by atoms with Gasteiger partial charge < -0.3 is 10.2 Å². The predicted molar refractivity (Wildman–Crippen MR) is 94.1 cm³/mol. The van der Waals surface area contributed by atoms with Crippen LogP contribution in [0.2, 0.25) is 0 Å². The summed E-state index contributed by atoms with van der Waals surface area (Å²) < 4.78 is 1.78. The quantitative estimate of drug-likeness (QED) is 0.867. The molecule has 1 atom stereocenters. The van der Waals surface area contributed by atoms with Crippen LogP contribution in [0.4, 0.5) is 0 Å². The van der Waals surface area contributed by atoms with Gasteiger partial charge in [-0.05, 0) is 30.8 Å². The number of likely N-dealkylation sites (N-methyl/N-ethyl adjacent to an activating group) is 1. The lowest BCUT2D eigenvalue weighted by atomic mass is 10.1. The number of benzene rings is 1. The number of hydrogen-bond donors (Lipinski definition) is 1. The maximum atomic E-state index is 12.5. The summed E-state index contributed by atoms with van der Waals surface area (Å²) in [5, 5.41) is 7.04. The maximum absolute atomic E-state index is 12.5. The third-order valence-electron chi connectivity index (χ3n) is 4.49. The molecule has 1 aliphatic rings. The molecule has 7 nitrogen and oxygen atoms in total. The zero-order chi connectivity index (χ0) is 17.8. The van der Waals surface area contributed by atoms with Crippen molar-refractivity contribution in [1.29, 1.82) is 0 Å².